The van der Waals surface area contributed by atoms with Crippen LogP contribution in [0.2, 0.25) is 0 Å². The van der Waals surface area contributed by atoms with E-state index >= 15 is 0 Å². The highest BCUT2D eigenvalue weighted by Crippen LogP contribution is 2.73. The van der Waals surface area contributed by atoms with Gasteiger partial charge >= 0.3 is 0 Å². The predicted molar refractivity (Wildman–Crippen MR) is 102 cm³/mol. The molecule has 4 heteroatoms. The molecule has 6 aliphatic rings. The van der Waals surface area contributed by atoms with Crippen LogP contribution in [0.5, 0.6) is 0 Å². The summed E-state index contributed by atoms with van der Waals surface area (Å²) >= 11 is 0. The first-order chi connectivity index (χ1) is 12.9. The SMILES string of the molecule is CC12CC[C@H]3[C@@H](CC[C@H]4C[C@H](O)CC[C@@]43C)[C@]13CC[C@@H]2[C@H]1CC(=O)N[C@H]1O3. The van der Waals surface area contributed by atoms with E-state index in [1.165, 1.54) is 44.9 Å². The third-order valence-electron chi connectivity index (χ3n) is 10.8. The van der Waals surface area contributed by atoms with E-state index in [-0.39, 0.29) is 29.3 Å². The van der Waals surface area contributed by atoms with Crippen LogP contribution in [0, 0.1) is 40.4 Å². The van der Waals surface area contributed by atoms with Crippen molar-refractivity contribution in [2.45, 2.75) is 96.0 Å². The molecular weight excluding hydrogens is 338 g/mol. The van der Waals surface area contributed by atoms with E-state index in [0.29, 0.717) is 35.5 Å². The monoisotopic (exact) mass is 373 g/mol. The molecule has 0 aromatic heterocycles. The maximum atomic E-state index is 12.1. The van der Waals surface area contributed by atoms with Crippen LogP contribution in [0.1, 0.15) is 78.1 Å². The molecule has 2 N–H and O–H groups in total. The minimum Gasteiger partial charge on any atom is -0.393 e. The van der Waals surface area contributed by atoms with E-state index in [1.54, 1.807) is 0 Å². The molecule has 1 unspecified atom stereocenters. The molecule has 10 atom stereocenters. The van der Waals surface area contributed by atoms with E-state index in [4.69, 9.17) is 4.74 Å². The highest BCUT2D eigenvalue weighted by atomic mass is 16.5. The molecule has 4 nitrogen and oxygen atoms in total. The summed E-state index contributed by atoms with van der Waals surface area (Å²) in [7, 11) is 0. The topological polar surface area (TPSA) is 58.6 Å². The zero-order valence-corrected chi connectivity index (χ0v) is 16.9. The maximum Gasteiger partial charge on any atom is 0.222 e. The number of ether oxygens (including phenoxy) is 1. The largest absolute Gasteiger partial charge is 0.393 e. The van der Waals surface area contributed by atoms with Gasteiger partial charge in [0.1, 0.15) is 6.23 Å². The summed E-state index contributed by atoms with van der Waals surface area (Å²) in [5.41, 5.74) is 0.595. The Kier molecular flexibility index (Phi) is 3.39. The summed E-state index contributed by atoms with van der Waals surface area (Å²) < 4.78 is 7.00. The average Bonchev–Trinajstić information content (AvgIpc) is 3.08. The van der Waals surface area contributed by atoms with Crippen LogP contribution in [-0.4, -0.2) is 28.9 Å². The van der Waals surface area contributed by atoms with Crippen molar-refractivity contribution in [2.75, 3.05) is 0 Å². The van der Waals surface area contributed by atoms with Crippen molar-refractivity contribution in [3.8, 4) is 0 Å². The molecule has 1 amide bonds. The van der Waals surface area contributed by atoms with Gasteiger partial charge in [0.2, 0.25) is 5.91 Å². The Labute approximate surface area is 162 Å². The van der Waals surface area contributed by atoms with Gasteiger partial charge in [0.15, 0.2) is 0 Å². The van der Waals surface area contributed by atoms with E-state index in [1.807, 2.05) is 0 Å². The molecule has 2 bridgehead atoms. The number of nitrogens with one attached hydrogen (secondary N) is 1. The van der Waals surface area contributed by atoms with Crippen molar-refractivity contribution in [3.05, 3.63) is 0 Å². The maximum absolute atomic E-state index is 12.1. The lowest BCUT2D eigenvalue weighted by Crippen LogP contribution is -2.67. The number of hydrogen-bond acceptors (Lipinski definition) is 3. The number of aliphatic hydroxyl groups excluding tert-OH is 1. The molecule has 0 radical (unpaired) electrons. The smallest absolute Gasteiger partial charge is 0.222 e. The summed E-state index contributed by atoms with van der Waals surface area (Å²) in [4.78, 5) is 12.1. The van der Waals surface area contributed by atoms with Crippen LogP contribution in [0.4, 0.5) is 0 Å². The second-order valence-corrected chi connectivity index (χ2v) is 11.4. The quantitative estimate of drug-likeness (QED) is 0.682. The predicted octanol–water partition coefficient (Wildman–Crippen LogP) is 3.62. The summed E-state index contributed by atoms with van der Waals surface area (Å²) in [6.07, 6.45) is 11.3. The average molecular weight is 374 g/mol. The fourth-order valence-electron chi connectivity index (χ4n) is 9.52. The first kappa shape index (κ1) is 17.3. The Bertz CT molecular complexity index is 681. The molecule has 0 aromatic carbocycles. The number of carbonyl (C=O) groups excluding carboxylic acids is 1. The van der Waals surface area contributed by atoms with Gasteiger partial charge in [-0.1, -0.05) is 13.8 Å². The number of carbonyl (C=O) groups is 1. The second-order valence-electron chi connectivity index (χ2n) is 11.4. The van der Waals surface area contributed by atoms with E-state index < -0.39 is 0 Å². The molecule has 150 valence electrons. The summed E-state index contributed by atoms with van der Waals surface area (Å²) in [6.45, 7) is 5.05. The van der Waals surface area contributed by atoms with Gasteiger partial charge in [-0.3, -0.25) is 4.79 Å². The van der Waals surface area contributed by atoms with Crippen LogP contribution >= 0.6 is 0 Å². The Morgan fingerprint density at radius 1 is 1.00 bits per heavy atom. The zero-order chi connectivity index (χ0) is 18.6. The number of hydrogen-bond donors (Lipinski definition) is 2. The van der Waals surface area contributed by atoms with Gasteiger partial charge in [-0.2, -0.15) is 0 Å². The molecular formula is C23H35NO3. The van der Waals surface area contributed by atoms with Crippen molar-refractivity contribution in [3.63, 3.8) is 0 Å². The highest BCUT2D eigenvalue weighted by Gasteiger charge is 2.73. The van der Waals surface area contributed by atoms with Gasteiger partial charge in [0.25, 0.3) is 0 Å². The number of aliphatic hydroxyl groups is 1. The molecule has 2 aliphatic heterocycles. The Hall–Kier alpha value is -0.610. The normalized spacial score (nSPS) is 61.4. The van der Waals surface area contributed by atoms with Crippen LogP contribution < -0.4 is 5.32 Å². The molecule has 6 rings (SSSR count). The Morgan fingerprint density at radius 3 is 2.67 bits per heavy atom. The van der Waals surface area contributed by atoms with Crippen LogP contribution in [0.25, 0.3) is 0 Å². The Balaban J connectivity index is 1.39. The molecule has 6 fully saturated rings. The third-order valence-corrected chi connectivity index (χ3v) is 10.8. The molecule has 2 heterocycles. The molecule has 4 saturated carbocycles. The van der Waals surface area contributed by atoms with Gasteiger partial charge in [-0.05, 0) is 86.9 Å². The van der Waals surface area contributed by atoms with Gasteiger partial charge < -0.3 is 15.2 Å². The fourth-order valence-corrected chi connectivity index (χ4v) is 9.52. The van der Waals surface area contributed by atoms with Crippen molar-refractivity contribution in [2.24, 2.45) is 40.4 Å². The van der Waals surface area contributed by atoms with Crippen molar-refractivity contribution >= 4 is 5.91 Å². The summed E-state index contributed by atoms with van der Waals surface area (Å²) in [5, 5.41) is 13.4. The number of amides is 1. The van der Waals surface area contributed by atoms with Crippen molar-refractivity contribution < 1.29 is 14.6 Å². The first-order valence-electron chi connectivity index (χ1n) is 11.5. The highest BCUT2D eigenvalue weighted by molar-refractivity contribution is 5.79. The van der Waals surface area contributed by atoms with Gasteiger partial charge in [-0.25, -0.2) is 0 Å². The molecule has 0 spiro atoms. The van der Waals surface area contributed by atoms with Gasteiger partial charge in [0, 0.05) is 17.8 Å². The standard InChI is InChI=1S/C23H35NO3/c1-21-8-5-14(25)11-13(21)3-4-18-17(21)6-9-22(2)16-7-10-23(18,22)27-20-15(16)12-19(26)24-20/h13-18,20,25H,3-12H2,1-2H3,(H,24,26)/t13-,14+,15+,16+,17-,18+,20-,21-,22?,23+/m0/s1. The minimum atomic E-state index is -0.0807. The van der Waals surface area contributed by atoms with E-state index in [2.05, 4.69) is 19.2 Å². The van der Waals surface area contributed by atoms with E-state index in [9.17, 15) is 9.90 Å². The summed E-state index contributed by atoms with van der Waals surface area (Å²) in [6, 6.07) is 0. The first-order valence-corrected chi connectivity index (χ1v) is 11.5. The van der Waals surface area contributed by atoms with Crippen molar-refractivity contribution in [1.82, 2.24) is 5.32 Å². The lowest BCUT2D eigenvalue weighted by Gasteiger charge is -2.67. The van der Waals surface area contributed by atoms with Crippen LogP contribution in [0.3, 0.4) is 0 Å². The van der Waals surface area contributed by atoms with Gasteiger partial charge in [0.05, 0.1) is 11.7 Å². The van der Waals surface area contributed by atoms with E-state index in [0.717, 1.165) is 18.8 Å². The second kappa shape index (κ2) is 5.30. The van der Waals surface area contributed by atoms with Crippen LogP contribution in [-0.2, 0) is 9.53 Å². The number of rotatable bonds is 0. The number of fused-ring (bicyclic) bond motifs is 5. The fraction of sp³-hybridized carbons (Fsp3) is 0.957. The van der Waals surface area contributed by atoms with Crippen LogP contribution in [0.15, 0.2) is 0 Å². The molecule has 27 heavy (non-hydrogen) atoms. The molecule has 2 saturated heterocycles. The molecule has 4 aliphatic carbocycles. The lowest BCUT2D eigenvalue weighted by molar-refractivity contribution is -0.288. The minimum absolute atomic E-state index is 0.0244. The van der Waals surface area contributed by atoms with Crippen molar-refractivity contribution in [1.29, 1.82) is 0 Å². The van der Waals surface area contributed by atoms with Gasteiger partial charge in [-0.15, -0.1) is 0 Å². The lowest BCUT2D eigenvalue weighted by atomic mass is 9.42. The third kappa shape index (κ3) is 1.95. The summed E-state index contributed by atoms with van der Waals surface area (Å²) in [5.74, 6) is 3.28. The Morgan fingerprint density at radius 2 is 1.81 bits per heavy atom. The zero-order valence-electron chi connectivity index (χ0n) is 16.9. The molecule has 0 aromatic rings.